The summed E-state index contributed by atoms with van der Waals surface area (Å²) < 4.78 is 6.11. The lowest BCUT2D eigenvalue weighted by Gasteiger charge is -2.33. The number of carbonyl (C=O) groups excluding carboxylic acids is 3. The van der Waals surface area contributed by atoms with Crippen LogP contribution < -0.4 is 30.0 Å². The topological polar surface area (TPSA) is 398 Å². The predicted molar refractivity (Wildman–Crippen MR) is 529 cm³/mol. The number of allylic oxidation sites excluding steroid dienone is 15. The smallest absolute Gasteiger partial charge is 0.280 e. The minimum Gasteiger partial charge on any atom is -0.871 e. The fourth-order valence-corrected chi connectivity index (χ4v) is 20.6. The van der Waals surface area contributed by atoms with Crippen molar-refractivity contribution in [2.45, 2.75) is 237 Å². The molecule has 6 aromatic carbocycles. The lowest BCUT2D eigenvalue weighted by molar-refractivity contribution is -0.440. The Hall–Kier alpha value is -13.8. The van der Waals surface area contributed by atoms with Crippen molar-refractivity contribution in [3.8, 4) is 0 Å². The fourth-order valence-electron chi connectivity index (χ4n) is 20.6. The predicted octanol–water partition coefficient (Wildman–Crippen LogP) is 20.3. The molecule has 3 aliphatic carbocycles. The zero-order valence-electron chi connectivity index (χ0n) is 83.5. The molecule has 6 aromatic rings. The van der Waals surface area contributed by atoms with E-state index in [1.54, 1.807) is 91.1 Å². The van der Waals surface area contributed by atoms with Crippen LogP contribution in [0.2, 0.25) is 0 Å². The van der Waals surface area contributed by atoms with Gasteiger partial charge in [-0.1, -0.05) is 134 Å². The molecule has 6 aliphatic heterocycles. The summed E-state index contributed by atoms with van der Waals surface area (Å²) in [4.78, 5) is 116. The number of rotatable bonds is 30. The third-order valence-corrected chi connectivity index (χ3v) is 28.7. The monoisotopic (exact) mass is 1880 g/mol. The number of hydrogen-bond donors (Lipinski definition) is 0. The molecule has 726 valence electrons. The lowest BCUT2D eigenvalue weighted by atomic mass is 9.77. The highest BCUT2D eigenvalue weighted by atomic mass is 16.6. The van der Waals surface area contributed by atoms with E-state index in [-0.39, 0.29) is 105 Å². The van der Waals surface area contributed by atoms with Crippen LogP contribution in [-0.2, 0) is 46.9 Å². The van der Waals surface area contributed by atoms with Crippen LogP contribution in [-0.4, -0.2) is 117 Å². The highest BCUT2D eigenvalue weighted by molar-refractivity contribution is 6.26. The fraction of sp³-hybridized carbons (Fsp3) is 0.444. The van der Waals surface area contributed by atoms with E-state index in [0.717, 1.165) is 89.4 Å². The highest BCUT2D eigenvalue weighted by Gasteiger charge is 2.55. The van der Waals surface area contributed by atoms with Gasteiger partial charge in [0.1, 0.15) is 30.8 Å². The van der Waals surface area contributed by atoms with Gasteiger partial charge in [-0.25, -0.2) is 0 Å². The maximum absolute atomic E-state index is 13.8. The van der Waals surface area contributed by atoms with Gasteiger partial charge in [-0.15, -0.1) is 0 Å². The number of non-ortho nitro benzene ring substituents is 3. The molecule has 0 bridgehead atoms. The molecule has 30 heteroatoms. The zero-order valence-corrected chi connectivity index (χ0v) is 83.5. The van der Waals surface area contributed by atoms with Gasteiger partial charge in [-0.05, 0) is 170 Å². The summed E-state index contributed by atoms with van der Waals surface area (Å²) in [5, 5.41) is 112. The first-order valence-corrected chi connectivity index (χ1v) is 47.6. The Morgan fingerprint density at radius 3 is 0.986 bits per heavy atom. The van der Waals surface area contributed by atoms with E-state index in [1.807, 2.05) is 120 Å². The molecular weight excluding hydrogens is 1750 g/mol. The van der Waals surface area contributed by atoms with Crippen LogP contribution >= 0.6 is 0 Å². The third kappa shape index (κ3) is 18.3. The summed E-state index contributed by atoms with van der Waals surface area (Å²) in [6.07, 6.45) is 14.8. The Balaban J connectivity index is 0.000000175. The normalized spacial score (nSPS) is 19.9. The van der Waals surface area contributed by atoms with Crippen LogP contribution in [0.4, 0.5) is 68.2 Å². The standard InChI is InChI=1S/3C36H42N4O6/c1-21(2)13-15-37-29-11-9-23(39(43)44)17-27(29)35(5,6)31(37)19-25-33(41)26(34(25)42)20-32-36(7,8)28-18-24(40(45)46)10-12-30(28)38(32)16-14-22(3)4;1-21(2)15-17-37-25-11-9-13-27(39(43)44)31(25)35(5,6)29(37)19-23-33(41)24(34(23)42)20-30-36(7,8)32-26(38(30)18-16-22(3)4)12-10-14-28(32)40(45)46;1-21(2)14-16-37-27-10-9-11-28(40(45)46)32(27)36(7,8)31(37)20-25-33(41)24(34(25)42)19-30-35(5,6)26-13-12-23(39(43)44)18-29(26)38(30)17-15-22(3)4/h9-12,17-22H,13-16H2,1-8H3;9-14,19-22H,15-18H2,1-8H3;9-13,18-22H,14-17H2,1-8H3. The van der Waals surface area contributed by atoms with Crippen LogP contribution in [0.3, 0.4) is 0 Å². The number of anilines is 3. The van der Waals surface area contributed by atoms with Crippen molar-refractivity contribution in [3.63, 3.8) is 0 Å². The average Bonchev–Trinajstić information content (AvgIpc) is 1.58. The number of fused-ring (bicyclic) bond motifs is 6. The summed E-state index contributed by atoms with van der Waals surface area (Å²) in [6, 6.07) is 29.5. The largest absolute Gasteiger partial charge is 0.871 e. The number of nitro groups is 6. The summed E-state index contributed by atoms with van der Waals surface area (Å²) in [6.45, 7) is 52.1. The molecule has 0 fully saturated rings. The van der Waals surface area contributed by atoms with Crippen molar-refractivity contribution in [3.05, 3.63) is 308 Å². The minimum atomic E-state index is -0.834. The third-order valence-electron chi connectivity index (χ3n) is 28.7. The minimum absolute atomic E-state index is 0.00453. The number of Topliss-reactive ketones (excluding diaryl/α,β-unsaturated/α-hetero) is 3. The first-order valence-electron chi connectivity index (χ1n) is 47.6. The first-order chi connectivity index (χ1) is 64.4. The maximum Gasteiger partial charge on any atom is 0.280 e. The Morgan fingerprint density at radius 2 is 0.616 bits per heavy atom. The number of carbonyl (C=O) groups is 3. The second kappa shape index (κ2) is 37.9. The molecule has 0 N–H and O–H groups in total. The van der Waals surface area contributed by atoms with E-state index in [0.29, 0.717) is 126 Å². The molecule has 0 aromatic heterocycles. The quantitative estimate of drug-likeness (QED) is 0.0175. The van der Waals surface area contributed by atoms with E-state index < -0.39 is 58.8 Å². The van der Waals surface area contributed by atoms with Gasteiger partial charge in [0, 0.05) is 208 Å². The van der Waals surface area contributed by atoms with Gasteiger partial charge in [-0.3, -0.25) is 75.1 Å². The molecule has 0 spiro atoms. The van der Waals surface area contributed by atoms with E-state index in [4.69, 9.17) is 0 Å². The molecule has 0 saturated carbocycles. The van der Waals surface area contributed by atoms with E-state index >= 15 is 0 Å². The van der Waals surface area contributed by atoms with Crippen molar-refractivity contribution in [1.82, 2.24) is 0 Å². The average molecular weight is 1880 g/mol. The number of hydrogen-bond acceptors (Lipinski definition) is 21. The lowest BCUT2D eigenvalue weighted by Crippen LogP contribution is -2.35. The molecule has 30 nitrogen and oxygen atoms in total. The molecule has 0 amide bonds. The van der Waals surface area contributed by atoms with Gasteiger partial charge >= 0.3 is 0 Å². The Morgan fingerprint density at radius 1 is 0.304 bits per heavy atom. The summed E-state index contributed by atoms with van der Waals surface area (Å²) in [5.74, 6) is 0.00470. The van der Waals surface area contributed by atoms with Gasteiger partial charge in [0.25, 0.3) is 34.1 Å². The number of nitrogens with zero attached hydrogens (tertiary/aromatic N) is 12. The van der Waals surface area contributed by atoms with Gasteiger partial charge < -0.3 is 30.0 Å². The Labute approximate surface area is 805 Å². The summed E-state index contributed by atoms with van der Waals surface area (Å²) in [7, 11) is 0. The first kappa shape index (κ1) is 102. The van der Waals surface area contributed by atoms with Gasteiger partial charge in [0.2, 0.25) is 17.1 Å². The van der Waals surface area contributed by atoms with Gasteiger partial charge in [0.15, 0.2) is 34.5 Å². The molecule has 15 rings (SSSR count). The van der Waals surface area contributed by atoms with Crippen LogP contribution in [0, 0.1) is 96.2 Å². The van der Waals surface area contributed by atoms with Crippen LogP contribution in [0.25, 0.3) is 0 Å². The molecule has 0 unspecified atom stereocenters. The zero-order chi connectivity index (χ0) is 102. The highest BCUT2D eigenvalue weighted by Crippen LogP contribution is 2.57. The molecule has 0 radical (unpaired) electrons. The molecular formula is C108H126N12O18. The van der Waals surface area contributed by atoms with Crippen molar-refractivity contribution in [2.75, 3.05) is 54.0 Å². The summed E-state index contributed by atoms with van der Waals surface area (Å²) in [5.41, 5.74) is 8.88. The van der Waals surface area contributed by atoms with Crippen molar-refractivity contribution in [2.24, 2.45) is 35.5 Å². The Bertz CT molecular complexity index is 6600. The number of nitro benzene ring substituents is 6. The molecule has 0 atom stereocenters. The van der Waals surface area contributed by atoms with E-state index in [1.165, 1.54) is 36.4 Å². The van der Waals surface area contributed by atoms with E-state index in [9.17, 15) is 90.4 Å². The second-order valence-electron chi connectivity index (χ2n) is 43.1. The van der Waals surface area contributed by atoms with Gasteiger partial charge in [-0.2, -0.15) is 13.7 Å². The SMILES string of the molecule is CC(C)CCN1/C(=C\C2=C([O-])C(=C\C3=[N+](CCC(C)C)c4ccc([N+](=O)[O-])cc4C3(C)C)/C2=O)C(C)(C)c2cc([N+](=O)[O-])ccc21.CC(C)CCN1/C(=C\C2=C([O-])C(=C\C3=[N+](CCC(C)C)c4cccc([N+](=O)[O-])c4C3(C)C)/C2=O)C(C)(C)c2c1cccc2[N+](=O)[O-].CC(C)CCN1C(=CC2=C([O-])C(=CC3=[N+](CCC(C)C)c4cccc([N+](=O)[O-])c4C3(C)C)C2=O)C(C)(C)c2ccc([N+](=O)[O-])cc21. The van der Waals surface area contributed by atoms with Crippen molar-refractivity contribution >= 4 is 103 Å². The second-order valence-corrected chi connectivity index (χ2v) is 43.1. The van der Waals surface area contributed by atoms with E-state index in [2.05, 4.69) is 92.6 Å². The van der Waals surface area contributed by atoms with Crippen LogP contribution in [0.1, 0.15) is 238 Å². The summed E-state index contributed by atoms with van der Waals surface area (Å²) >= 11 is 0. The van der Waals surface area contributed by atoms with Crippen molar-refractivity contribution < 1.29 is 73.0 Å². The molecule has 0 saturated heterocycles. The van der Waals surface area contributed by atoms with Gasteiger partial charge in [0.05, 0.1) is 62.7 Å². The number of ketones is 3. The molecule has 6 heterocycles. The molecule has 138 heavy (non-hydrogen) atoms. The maximum atomic E-state index is 13.8. The Kier molecular flexibility index (Phi) is 27.9. The van der Waals surface area contributed by atoms with Crippen LogP contribution in [0.5, 0.6) is 0 Å². The van der Waals surface area contributed by atoms with Crippen molar-refractivity contribution in [1.29, 1.82) is 0 Å². The van der Waals surface area contributed by atoms with Crippen LogP contribution in [0.15, 0.2) is 213 Å². The number of benzene rings is 6. The molecule has 9 aliphatic rings.